The van der Waals surface area contributed by atoms with Crippen molar-refractivity contribution in [3.05, 3.63) is 18.0 Å². The summed E-state index contributed by atoms with van der Waals surface area (Å²) >= 11 is 0. The molecular weight excluding hydrogens is 224 g/mol. The summed E-state index contributed by atoms with van der Waals surface area (Å²) in [4.78, 5) is 2.69. The molecule has 0 aromatic carbocycles. The summed E-state index contributed by atoms with van der Waals surface area (Å²) < 4.78 is 1.91. The zero-order valence-electron chi connectivity index (χ0n) is 11.3. The molecule has 3 rings (SSSR count). The molecule has 1 saturated heterocycles. The quantitative estimate of drug-likeness (QED) is 0.854. The molecule has 1 aromatic rings. The molecule has 4 heteroatoms. The van der Waals surface area contributed by atoms with Gasteiger partial charge in [-0.2, -0.15) is 5.10 Å². The Kier molecular flexibility index (Phi) is 3.66. The lowest BCUT2D eigenvalue weighted by Crippen LogP contribution is -2.36. The number of rotatable bonds is 5. The van der Waals surface area contributed by atoms with E-state index in [-0.39, 0.29) is 0 Å². The van der Waals surface area contributed by atoms with Crippen molar-refractivity contribution in [3.8, 4) is 0 Å². The lowest BCUT2D eigenvalue weighted by atomic mass is 9.97. The molecule has 1 aliphatic carbocycles. The number of hydrogen-bond acceptors (Lipinski definition) is 3. The third-order valence-electron chi connectivity index (χ3n) is 4.16. The van der Waals surface area contributed by atoms with Gasteiger partial charge in [0.15, 0.2) is 0 Å². The van der Waals surface area contributed by atoms with Crippen molar-refractivity contribution in [1.29, 1.82) is 0 Å². The maximum absolute atomic E-state index is 4.28. The first-order valence-corrected chi connectivity index (χ1v) is 7.23. The van der Waals surface area contributed by atoms with Crippen LogP contribution in [0.4, 0.5) is 0 Å². The first-order valence-electron chi connectivity index (χ1n) is 7.23. The summed E-state index contributed by atoms with van der Waals surface area (Å²) in [6.45, 7) is 4.77. The molecule has 1 aromatic heterocycles. The van der Waals surface area contributed by atoms with Crippen molar-refractivity contribution in [2.45, 2.75) is 38.3 Å². The van der Waals surface area contributed by atoms with Gasteiger partial charge in [-0.3, -0.25) is 9.58 Å². The van der Waals surface area contributed by atoms with Gasteiger partial charge in [-0.25, -0.2) is 0 Å². The minimum Gasteiger partial charge on any atom is -0.317 e. The molecule has 1 N–H and O–H groups in total. The molecular formula is C14H24N4. The number of aromatic nitrogens is 2. The summed E-state index contributed by atoms with van der Waals surface area (Å²) in [7, 11) is 2.00. The molecule has 2 aliphatic rings. The minimum absolute atomic E-state index is 0.847. The third-order valence-corrected chi connectivity index (χ3v) is 4.16. The SMILES string of the molecule is Cn1cc(CN(CC2CCNCC2)C2CC2)cn1. The molecule has 0 amide bonds. The Balaban J connectivity index is 1.57. The van der Waals surface area contributed by atoms with E-state index in [0.717, 1.165) is 18.5 Å². The van der Waals surface area contributed by atoms with Crippen LogP contribution in [-0.2, 0) is 13.6 Å². The van der Waals surface area contributed by atoms with Crippen LogP contribution in [0, 0.1) is 5.92 Å². The molecule has 2 fully saturated rings. The van der Waals surface area contributed by atoms with Crippen LogP contribution in [-0.4, -0.2) is 40.4 Å². The minimum atomic E-state index is 0.847. The van der Waals surface area contributed by atoms with Gasteiger partial charge in [-0.05, 0) is 44.7 Å². The fourth-order valence-corrected chi connectivity index (χ4v) is 2.97. The highest BCUT2D eigenvalue weighted by molar-refractivity contribution is 5.05. The molecule has 100 valence electrons. The standard InChI is InChI=1S/C14H24N4/c1-17-9-13(8-16-17)11-18(14-2-3-14)10-12-4-6-15-7-5-12/h8-9,12,14-15H,2-7,10-11H2,1H3. The van der Waals surface area contributed by atoms with Crippen LogP contribution < -0.4 is 5.32 Å². The average Bonchev–Trinajstić information content (AvgIpc) is 3.15. The first-order chi connectivity index (χ1) is 8.81. The van der Waals surface area contributed by atoms with Crippen molar-refractivity contribution in [1.82, 2.24) is 20.0 Å². The van der Waals surface area contributed by atoms with Gasteiger partial charge in [0, 0.05) is 37.9 Å². The van der Waals surface area contributed by atoms with Crippen LogP contribution in [0.1, 0.15) is 31.2 Å². The summed E-state index contributed by atoms with van der Waals surface area (Å²) in [6, 6.07) is 0.847. The Hall–Kier alpha value is -0.870. The monoisotopic (exact) mass is 248 g/mol. The second kappa shape index (κ2) is 5.41. The average molecular weight is 248 g/mol. The number of piperidine rings is 1. The Labute approximate surface area is 109 Å². The van der Waals surface area contributed by atoms with Gasteiger partial charge in [0.25, 0.3) is 0 Å². The number of hydrogen-bond donors (Lipinski definition) is 1. The van der Waals surface area contributed by atoms with E-state index >= 15 is 0 Å². The second-order valence-electron chi connectivity index (χ2n) is 5.88. The van der Waals surface area contributed by atoms with Gasteiger partial charge in [0.05, 0.1) is 6.20 Å². The Morgan fingerprint density at radius 3 is 2.72 bits per heavy atom. The van der Waals surface area contributed by atoms with Gasteiger partial charge < -0.3 is 5.32 Å². The number of nitrogens with one attached hydrogen (secondary N) is 1. The van der Waals surface area contributed by atoms with Crippen LogP contribution in [0.3, 0.4) is 0 Å². The highest BCUT2D eigenvalue weighted by atomic mass is 15.2. The molecule has 1 saturated carbocycles. The van der Waals surface area contributed by atoms with Crippen LogP contribution >= 0.6 is 0 Å². The van der Waals surface area contributed by atoms with Crippen LogP contribution in [0.5, 0.6) is 0 Å². The highest BCUT2D eigenvalue weighted by Crippen LogP contribution is 2.30. The van der Waals surface area contributed by atoms with Crippen molar-refractivity contribution in [2.75, 3.05) is 19.6 Å². The normalized spacial score (nSPS) is 21.7. The van der Waals surface area contributed by atoms with Crippen LogP contribution in [0.2, 0.25) is 0 Å². The van der Waals surface area contributed by atoms with E-state index in [1.165, 1.54) is 50.9 Å². The van der Waals surface area contributed by atoms with Crippen LogP contribution in [0.25, 0.3) is 0 Å². The molecule has 2 heterocycles. The Morgan fingerprint density at radius 1 is 1.33 bits per heavy atom. The van der Waals surface area contributed by atoms with Gasteiger partial charge in [0.2, 0.25) is 0 Å². The van der Waals surface area contributed by atoms with Gasteiger partial charge in [-0.1, -0.05) is 0 Å². The van der Waals surface area contributed by atoms with Crippen molar-refractivity contribution in [2.24, 2.45) is 13.0 Å². The summed E-state index contributed by atoms with van der Waals surface area (Å²) in [5.41, 5.74) is 1.36. The van der Waals surface area contributed by atoms with Gasteiger partial charge >= 0.3 is 0 Å². The first kappa shape index (κ1) is 12.2. The second-order valence-corrected chi connectivity index (χ2v) is 5.88. The topological polar surface area (TPSA) is 33.1 Å². The van der Waals surface area contributed by atoms with E-state index < -0.39 is 0 Å². The molecule has 1 aliphatic heterocycles. The fraction of sp³-hybridized carbons (Fsp3) is 0.786. The maximum Gasteiger partial charge on any atom is 0.0534 e. The van der Waals surface area contributed by atoms with E-state index in [2.05, 4.69) is 21.5 Å². The molecule has 0 unspecified atom stereocenters. The summed E-state index contributed by atoms with van der Waals surface area (Å²) in [6.07, 6.45) is 9.64. The van der Waals surface area contributed by atoms with Crippen molar-refractivity contribution < 1.29 is 0 Å². The molecule has 0 radical (unpaired) electrons. The Bertz CT molecular complexity index is 377. The molecule has 4 nitrogen and oxygen atoms in total. The predicted molar refractivity (Wildman–Crippen MR) is 72.2 cm³/mol. The number of aryl methyl sites for hydroxylation is 1. The predicted octanol–water partition coefficient (Wildman–Crippen LogP) is 1.38. The molecule has 18 heavy (non-hydrogen) atoms. The van der Waals surface area contributed by atoms with E-state index in [9.17, 15) is 0 Å². The smallest absolute Gasteiger partial charge is 0.0534 e. The lowest BCUT2D eigenvalue weighted by molar-refractivity contribution is 0.190. The zero-order chi connectivity index (χ0) is 12.4. The summed E-state index contributed by atoms with van der Waals surface area (Å²) in [5.74, 6) is 0.892. The lowest BCUT2D eigenvalue weighted by Gasteiger charge is -2.29. The van der Waals surface area contributed by atoms with E-state index in [1.807, 2.05) is 17.9 Å². The Morgan fingerprint density at radius 2 is 2.11 bits per heavy atom. The van der Waals surface area contributed by atoms with E-state index in [1.54, 1.807) is 0 Å². The maximum atomic E-state index is 4.28. The van der Waals surface area contributed by atoms with Crippen LogP contribution in [0.15, 0.2) is 12.4 Å². The number of nitrogens with zero attached hydrogens (tertiary/aromatic N) is 3. The van der Waals surface area contributed by atoms with Crippen molar-refractivity contribution >= 4 is 0 Å². The molecule has 0 atom stereocenters. The molecule has 0 bridgehead atoms. The van der Waals surface area contributed by atoms with Gasteiger partial charge in [0.1, 0.15) is 0 Å². The molecule has 0 spiro atoms. The van der Waals surface area contributed by atoms with Crippen molar-refractivity contribution in [3.63, 3.8) is 0 Å². The fourth-order valence-electron chi connectivity index (χ4n) is 2.97. The van der Waals surface area contributed by atoms with E-state index in [0.29, 0.717) is 0 Å². The third kappa shape index (κ3) is 3.12. The largest absolute Gasteiger partial charge is 0.317 e. The summed E-state index contributed by atoms with van der Waals surface area (Å²) in [5, 5.41) is 7.73. The van der Waals surface area contributed by atoms with E-state index in [4.69, 9.17) is 0 Å². The zero-order valence-corrected chi connectivity index (χ0v) is 11.3. The highest BCUT2D eigenvalue weighted by Gasteiger charge is 2.31. The van der Waals surface area contributed by atoms with Gasteiger partial charge in [-0.15, -0.1) is 0 Å².